The normalized spacial score (nSPS) is 22.6. The van der Waals surface area contributed by atoms with Gasteiger partial charge in [-0.3, -0.25) is 0 Å². The lowest BCUT2D eigenvalue weighted by Crippen LogP contribution is -2.33. The number of aliphatic hydroxyl groups is 2. The molecule has 2 heterocycles. The van der Waals surface area contributed by atoms with E-state index in [9.17, 15) is 40.9 Å². The number of rotatable bonds is 4. The second-order valence-electron chi connectivity index (χ2n) is 5.56. The van der Waals surface area contributed by atoms with Crippen molar-refractivity contribution in [3.8, 4) is 0 Å². The molecule has 2 rings (SSSR count). The highest BCUT2D eigenvalue weighted by molar-refractivity contribution is 5.95. The highest BCUT2D eigenvalue weighted by Crippen LogP contribution is 2.34. The van der Waals surface area contributed by atoms with Gasteiger partial charge in [0.2, 0.25) is 12.2 Å². The van der Waals surface area contributed by atoms with Crippen molar-refractivity contribution in [3.05, 3.63) is 29.1 Å². The van der Waals surface area contributed by atoms with Crippen LogP contribution < -0.4 is 0 Å². The van der Waals surface area contributed by atoms with Gasteiger partial charge in [0.15, 0.2) is 0 Å². The highest BCUT2D eigenvalue weighted by Gasteiger charge is 2.40. The van der Waals surface area contributed by atoms with E-state index in [1.807, 2.05) is 0 Å². The zero-order valence-corrected chi connectivity index (χ0v) is 12.9. The first-order valence-electron chi connectivity index (χ1n) is 7.23. The molecule has 3 atom stereocenters. The summed E-state index contributed by atoms with van der Waals surface area (Å²) in [5.41, 5.74) is -4.32. The number of hydrogen-bond donors (Lipinski definition) is 2. The van der Waals surface area contributed by atoms with Crippen molar-refractivity contribution in [3.63, 3.8) is 0 Å². The molecule has 2 N–H and O–H groups in total. The summed E-state index contributed by atoms with van der Waals surface area (Å²) in [7, 11) is 0. The van der Waals surface area contributed by atoms with Crippen LogP contribution >= 0.6 is 0 Å². The molecule has 0 spiro atoms. The minimum Gasteiger partial charge on any atom is -0.448 e. The van der Waals surface area contributed by atoms with Crippen LogP contribution in [-0.4, -0.2) is 46.2 Å². The van der Waals surface area contributed by atoms with Crippen LogP contribution in [0.15, 0.2) is 17.1 Å². The first-order chi connectivity index (χ1) is 11.9. The number of aromatic nitrogens is 1. The van der Waals surface area contributed by atoms with Crippen LogP contribution in [0.2, 0.25) is 0 Å². The molecule has 0 aliphatic carbocycles. The third kappa shape index (κ3) is 5.04. The van der Waals surface area contributed by atoms with Crippen LogP contribution in [0.4, 0.5) is 30.7 Å². The molecule has 26 heavy (non-hydrogen) atoms. The average molecular weight is 390 g/mol. The third-order valence-electron chi connectivity index (χ3n) is 3.40. The Bertz CT molecular complexity index is 643. The highest BCUT2D eigenvalue weighted by atomic mass is 19.4. The van der Waals surface area contributed by atoms with Crippen molar-refractivity contribution in [1.29, 1.82) is 0 Å². The molecule has 1 aromatic rings. The van der Waals surface area contributed by atoms with E-state index in [-0.39, 0.29) is 12.8 Å². The van der Waals surface area contributed by atoms with Crippen molar-refractivity contribution >= 4 is 5.90 Å². The number of aliphatic hydroxyl groups excluding tert-OH is 2. The maximum absolute atomic E-state index is 12.8. The standard InChI is InChI=1S/C14H13F7N2O3/c15-5-8(24)3-7-4-11(25)26-12(22-7)6-1-9(13(16,17)18)23-10(2-6)14(19,20)21/h1-2,7-8,11,24-25H,3-5H2. The smallest absolute Gasteiger partial charge is 0.433 e. The Morgan fingerprint density at radius 3 is 2.12 bits per heavy atom. The van der Waals surface area contributed by atoms with E-state index < -0.39 is 60.3 Å². The van der Waals surface area contributed by atoms with Gasteiger partial charge >= 0.3 is 12.4 Å². The van der Waals surface area contributed by atoms with Crippen molar-refractivity contribution in [2.75, 3.05) is 6.67 Å². The van der Waals surface area contributed by atoms with E-state index in [0.29, 0.717) is 12.1 Å². The van der Waals surface area contributed by atoms with Crippen molar-refractivity contribution in [1.82, 2.24) is 4.98 Å². The number of pyridine rings is 1. The van der Waals surface area contributed by atoms with Crippen LogP contribution in [-0.2, 0) is 17.1 Å². The molecular weight excluding hydrogens is 377 g/mol. The quantitative estimate of drug-likeness (QED) is 0.776. The van der Waals surface area contributed by atoms with Crippen LogP contribution in [0, 0.1) is 0 Å². The number of nitrogens with zero attached hydrogens (tertiary/aromatic N) is 2. The first-order valence-corrected chi connectivity index (χ1v) is 7.23. The maximum Gasteiger partial charge on any atom is 0.433 e. The van der Waals surface area contributed by atoms with E-state index in [2.05, 4.69) is 9.98 Å². The molecule has 12 heteroatoms. The van der Waals surface area contributed by atoms with Gasteiger partial charge in [-0.2, -0.15) is 26.3 Å². The summed E-state index contributed by atoms with van der Waals surface area (Å²) >= 11 is 0. The van der Waals surface area contributed by atoms with Crippen molar-refractivity contribution < 1.29 is 45.7 Å². The molecule has 1 aliphatic rings. The SMILES string of the molecule is OC(CF)CC1CC(O)OC(c2cc(C(F)(F)F)nc(C(F)(F)F)c2)=N1. The average Bonchev–Trinajstić information content (AvgIpc) is 2.52. The minimum absolute atomic E-state index is 0.204. The summed E-state index contributed by atoms with van der Waals surface area (Å²) in [6.45, 7) is -1.12. The van der Waals surface area contributed by atoms with Crippen LogP contribution in [0.5, 0.6) is 0 Å². The molecule has 3 unspecified atom stereocenters. The summed E-state index contributed by atoms with van der Waals surface area (Å²) in [5.74, 6) is -0.682. The summed E-state index contributed by atoms with van der Waals surface area (Å²) in [6, 6.07) is -0.347. The summed E-state index contributed by atoms with van der Waals surface area (Å²) in [4.78, 5) is 6.34. The number of aliphatic imine (C=N–C) groups is 1. The Labute approximate surface area is 142 Å². The number of ether oxygens (including phenoxy) is 1. The maximum atomic E-state index is 12.8. The van der Waals surface area contributed by atoms with E-state index >= 15 is 0 Å². The molecule has 5 nitrogen and oxygen atoms in total. The molecule has 0 saturated carbocycles. The zero-order chi connectivity index (χ0) is 19.7. The molecular formula is C14H13F7N2O3. The second kappa shape index (κ2) is 7.35. The van der Waals surface area contributed by atoms with Gasteiger partial charge in [-0.25, -0.2) is 14.4 Å². The molecule has 1 aromatic heterocycles. The van der Waals surface area contributed by atoms with Crippen LogP contribution in [0.3, 0.4) is 0 Å². The number of halogens is 7. The number of alkyl halides is 7. The Balaban J connectivity index is 2.48. The lowest BCUT2D eigenvalue weighted by molar-refractivity contribution is -0.150. The summed E-state index contributed by atoms with van der Waals surface area (Å²) in [5, 5.41) is 18.9. The fraction of sp³-hybridized carbons (Fsp3) is 0.571. The van der Waals surface area contributed by atoms with Crippen molar-refractivity contribution in [2.45, 2.75) is 43.6 Å². The lowest BCUT2D eigenvalue weighted by atomic mass is 10.0. The topological polar surface area (TPSA) is 74.9 Å². The van der Waals surface area contributed by atoms with E-state index in [0.717, 1.165) is 0 Å². The van der Waals surface area contributed by atoms with Gasteiger partial charge in [0.05, 0.1) is 12.1 Å². The molecule has 0 fully saturated rings. The number of hydrogen-bond acceptors (Lipinski definition) is 5. The monoisotopic (exact) mass is 390 g/mol. The molecule has 0 amide bonds. The van der Waals surface area contributed by atoms with Gasteiger partial charge in [-0.15, -0.1) is 0 Å². The fourth-order valence-electron chi connectivity index (χ4n) is 2.27. The Morgan fingerprint density at radius 1 is 1.12 bits per heavy atom. The first kappa shape index (κ1) is 20.4. The summed E-state index contributed by atoms with van der Waals surface area (Å²) < 4.78 is 94.2. The zero-order valence-electron chi connectivity index (χ0n) is 12.9. The van der Waals surface area contributed by atoms with Crippen LogP contribution in [0.1, 0.15) is 29.8 Å². The molecule has 0 bridgehead atoms. The third-order valence-corrected chi connectivity index (χ3v) is 3.40. The van der Waals surface area contributed by atoms with Gasteiger partial charge < -0.3 is 14.9 Å². The second-order valence-corrected chi connectivity index (χ2v) is 5.56. The van der Waals surface area contributed by atoms with E-state index in [4.69, 9.17) is 4.74 Å². The fourth-order valence-corrected chi connectivity index (χ4v) is 2.27. The van der Waals surface area contributed by atoms with Gasteiger partial charge in [0, 0.05) is 12.0 Å². The molecule has 1 aliphatic heterocycles. The van der Waals surface area contributed by atoms with E-state index in [1.54, 1.807) is 0 Å². The molecule has 0 radical (unpaired) electrons. The Kier molecular flexibility index (Phi) is 5.76. The van der Waals surface area contributed by atoms with Crippen molar-refractivity contribution in [2.24, 2.45) is 4.99 Å². The van der Waals surface area contributed by atoms with E-state index in [1.165, 1.54) is 0 Å². The molecule has 146 valence electrons. The van der Waals surface area contributed by atoms with Gasteiger partial charge in [-0.05, 0) is 18.6 Å². The Hall–Kier alpha value is -1.95. The van der Waals surface area contributed by atoms with Gasteiger partial charge in [0.25, 0.3) is 0 Å². The molecule has 0 aromatic carbocycles. The van der Waals surface area contributed by atoms with Crippen LogP contribution in [0.25, 0.3) is 0 Å². The minimum atomic E-state index is -5.16. The largest absolute Gasteiger partial charge is 0.448 e. The predicted molar refractivity (Wildman–Crippen MR) is 72.9 cm³/mol. The molecule has 0 saturated heterocycles. The Morgan fingerprint density at radius 2 is 1.65 bits per heavy atom. The predicted octanol–water partition coefficient (Wildman–Crippen LogP) is 2.69. The van der Waals surface area contributed by atoms with Gasteiger partial charge in [0.1, 0.15) is 18.1 Å². The summed E-state index contributed by atoms with van der Waals surface area (Å²) in [6.07, 6.45) is -13.8. The lowest BCUT2D eigenvalue weighted by Gasteiger charge is -2.26. The van der Waals surface area contributed by atoms with Gasteiger partial charge in [-0.1, -0.05) is 0 Å².